The monoisotopic (exact) mass is 304 g/mol. The van der Waals surface area contributed by atoms with Crippen LogP contribution in [0, 0.1) is 6.92 Å². The second kappa shape index (κ2) is 6.66. The third-order valence-electron chi connectivity index (χ3n) is 3.18. The molecular weight excluding hydrogens is 280 g/mol. The van der Waals surface area contributed by atoms with Gasteiger partial charge in [-0.1, -0.05) is 6.92 Å². The van der Waals surface area contributed by atoms with Gasteiger partial charge in [-0.3, -0.25) is 5.10 Å². The van der Waals surface area contributed by atoms with Crippen molar-refractivity contribution in [2.75, 3.05) is 27.2 Å². The molecule has 0 bridgehead atoms. The van der Waals surface area contributed by atoms with Gasteiger partial charge in [0.1, 0.15) is 0 Å². The van der Waals surface area contributed by atoms with Crippen molar-refractivity contribution in [3.05, 3.63) is 11.3 Å². The molecule has 1 unspecified atom stereocenters. The standard InChI is InChI=1S/C12H24N4O3S/c1-6-16(9(2)7-15(4)5)20(18,19)12-11(8-17)10(3)13-14-12/h9,17H,6-8H2,1-5H3,(H,13,14). The Kier molecular flexibility index (Phi) is 5.69. The fourth-order valence-electron chi connectivity index (χ4n) is 2.28. The summed E-state index contributed by atoms with van der Waals surface area (Å²) in [6, 6.07) is -0.177. The van der Waals surface area contributed by atoms with Gasteiger partial charge in [0.05, 0.1) is 6.61 Å². The molecule has 1 heterocycles. The van der Waals surface area contributed by atoms with Gasteiger partial charge in [0.25, 0.3) is 10.0 Å². The lowest BCUT2D eigenvalue weighted by molar-refractivity contribution is 0.266. The number of nitrogens with one attached hydrogen (secondary N) is 1. The van der Waals surface area contributed by atoms with Crippen LogP contribution in [0.3, 0.4) is 0 Å². The number of aliphatic hydroxyl groups is 1. The number of rotatable bonds is 7. The van der Waals surface area contributed by atoms with E-state index in [0.717, 1.165) is 0 Å². The molecule has 0 aliphatic rings. The van der Waals surface area contributed by atoms with E-state index in [9.17, 15) is 13.5 Å². The van der Waals surface area contributed by atoms with Gasteiger partial charge in [0, 0.05) is 30.4 Å². The van der Waals surface area contributed by atoms with E-state index in [1.807, 2.05) is 25.9 Å². The van der Waals surface area contributed by atoms with Crippen LogP contribution in [0.15, 0.2) is 5.03 Å². The molecule has 7 nitrogen and oxygen atoms in total. The van der Waals surface area contributed by atoms with Crippen molar-refractivity contribution in [3.8, 4) is 0 Å². The van der Waals surface area contributed by atoms with Crippen LogP contribution in [0.2, 0.25) is 0 Å². The summed E-state index contributed by atoms with van der Waals surface area (Å²) >= 11 is 0. The minimum atomic E-state index is -3.71. The topological polar surface area (TPSA) is 89.5 Å². The summed E-state index contributed by atoms with van der Waals surface area (Å²) in [5, 5.41) is 15.7. The molecule has 8 heteroatoms. The van der Waals surface area contributed by atoms with Crippen molar-refractivity contribution in [2.45, 2.75) is 38.4 Å². The van der Waals surface area contributed by atoms with Crippen molar-refractivity contribution >= 4 is 10.0 Å². The first-order valence-corrected chi connectivity index (χ1v) is 8.00. The molecule has 1 atom stereocenters. The number of aryl methyl sites for hydroxylation is 1. The Morgan fingerprint density at radius 2 is 2.00 bits per heavy atom. The highest BCUT2D eigenvalue weighted by Gasteiger charge is 2.32. The number of hydrogen-bond donors (Lipinski definition) is 2. The zero-order valence-electron chi connectivity index (χ0n) is 12.7. The summed E-state index contributed by atoms with van der Waals surface area (Å²) in [7, 11) is 0.0816. The number of nitrogens with zero attached hydrogens (tertiary/aromatic N) is 3. The Morgan fingerprint density at radius 3 is 2.45 bits per heavy atom. The van der Waals surface area contributed by atoms with Crippen LogP contribution in [-0.2, 0) is 16.6 Å². The predicted octanol–water partition coefficient (Wildman–Crippen LogP) is 0.171. The van der Waals surface area contributed by atoms with Gasteiger partial charge < -0.3 is 10.0 Å². The molecule has 0 aromatic carbocycles. The van der Waals surface area contributed by atoms with Crippen LogP contribution in [-0.4, -0.2) is 66.2 Å². The molecular formula is C12H24N4O3S. The molecule has 0 saturated carbocycles. The summed E-state index contributed by atoms with van der Waals surface area (Å²) in [5.74, 6) is 0. The molecule has 0 radical (unpaired) electrons. The van der Waals surface area contributed by atoms with Gasteiger partial charge in [0.15, 0.2) is 5.03 Å². The second-order valence-electron chi connectivity index (χ2n) is 5.11. The molecule has 1 rings (SSSR count). The van der Waals surface area contributed by atoms with E-state index in [0.29, 0.717) is 24.3 Å². The lowest BCUT2D eigenvalue weighted by atomic mass is 10.3. The Balaban J connectivity index is 3.18. The Hall–Kier alpha value is -0.960. The van der Waals surface area contributed by atoms with Crippen molar-refractivity contribution in [1.82, 2.24) is 19.4 Å². The summed E-state index contributed by atoms with van der Waals surface area (Å²) in [6.07, 6.45) is 0. The number of aliphatic hydroxyl groups excluding tert-OH is 1. The van der Waals surface area contributed by atoms with E-state index in [1.54, 1.807) is 13.8 Å². The molecule has 2 N–H and O–H groups in total. The van der Waals surface area contributed by atoms with Gasteiger partial charge in [-0.15, -0.1) is 0 Å². The molecule has 20 heavy (non-hydrogen) atoms. The maximum atomic E-state index is 12.7. The maximum absolute atomic E-state index is 12.7. The molecule has 0 saturated heterocycles. The first kappa shape index (κ1) is 17.1. The molecule has 0 aliphatic heterocycles. The number of likely N-dealkylation sites (N-methyl/N-ethyl adjacent to an activating group) is 2. The van der Waals surface area contributed by atoms with Gasteiger partial charge in [-0.05, 0) is 27.9 Å². The first-order chi connectivity index (χ1) is 9.25. The number of sulfonamides is 1. The highest BCUT2D eigenvalue weighted by atomic mass is 32.2. The SMILES string of the molecule is CCN(C(C)CN(C)C)S(=O)(=O)c1n[nH]c(C)c1CO. The summed E-state index contributed by atoms with van der Waals surface area (Å²) < 4.78 is 26.8. The van der Waals surface area contributed by atoms with Gasteiger partial charge in [-0.2, -0.15) is 9.40 Å². The fourth-order valence-corrected chi connectivity index (χ4v) is 4.07. The Labute approximate surface area is 120 Å². The van der Waals surface area contributed by atoms with E-state index in [-0.39, 0.29) is 17.7 Å². The maximum Gasteiger partial charge on any atom is 0.263 e. The molecule has 0 fully saturated rings. The normalized spacial score (nSPS) is 14.2. The zero-order chi connectivity index (χ0) is 15.5. The summed E-state index contributed by atoms with van der Waals surface area (Å²) in [4.78, 5) is 1.94. The van der Waals surface area contributed by atoms with Crippen molar-refractivity contribution in [2.24, 2.45) is 0 Å². The molecule has 0 spiro atoms. The zero-order valence-corrected chi connectivity index (χ0v) is 13.5. The van der Waals surface area contributed by atoms with E-state index >= 15 is 0 Å². The average Bonchev–Trinajstić information content (AvgIpc) is 2.70. The molecule has 116 valence electrons. The van der Waals surface area contributed by atoms with Crippen molar-refractivity contribution in [1.29, 1.82) is 0 Å². The third kappa shape index (κ3) is 3.38. The Bertz CT molecular complexity index is 539. The predicted molar refractivity (Wildman–Crippen MR) is 76.8 cm³/mol. The van der Waals surface area contributed by atoms with E-state index in [2.05, 4.69) is 10.2 Å². The van der Waals surface area contributed by atoms with Gasteiger partial charge in [0.2, 0.25) is 0 Å². The van der Waals surface area contributed by atoms with Crippen LogP contribution in [0.25, 0.3) is 0 Å². The Morgan fingerprint density at radius 1 is 1.40 bits per heavy atom. The smallest absolute Gasteiger partial charge is 0.263 e. The number of aromatic amines is 1. The first-order valence-electron chi connectivity index (χ1n) is 6.56. The minimum absolute atomic E-state index is 0.0787. The second-order valence-corrected chi connectivity index (χ2v) is 6.92. The highest BCUT2D eigenvalue weighted by Crippen LogP contribution is 2.22. The number of H-pyrrole nitrogens is 1. The number of aromatic nitrogens is 2. The van der Waals surface area contributed by atoms with E-state index in [4.69, 9.17) is 0 Å². The van der Waals surface area contributed by atoms with Crippen molar-refractivity contribution < 1.29 is 13.5 Å². The van der Waals surface area contributed by atoms with E-state index < -0.39 is 10.0 Å². The summed E-state index contributed by atoms with van der Waals surface area (Å²) in [5.41, 5.74) is 0.905. The average molecular weight is 304 g/mol. The van der Waals surface area contributed by atoms with Gasteiger partial charge in [-0.25, -0.2) is 8.42 Å². The number of hydrogen-bond acceptors (Lipinski definition) is 5. The largest absolute Gasteiger partial charge is 0.392 e. The molecule has 1 aromatic heterocycles. The van der Waals surface area contributed by atoms with Gasteiger partial charge >= 0.3 is 0 Å². The molecule has 0 aliphatic carbocycles. The third-order valence-corrected chi connectivity index (χ3v) is 5.24. The highest BCUT2D eigenvalue weighted by molar-refractivity contribution is 7.89. The van der Waals surface area contributed by atoms with Crippen LogP contribution in [0.4, 0.5) is 0 Å². The molecule has 0 amide bonds. The van der Waals surface area contributed by atoms with Crippen LogP contribution >= 0.6 is 0 Å². The van der Waals surface area contributed by atoms with Crippen LogP contribution < -0.4 is 0 Å². The fraction of sp³-hybridized carbons (Fsp3) is 0.750. The lowest BCUT2D eigenvalue weighted by Gasteiger charge is -2.28. The lowest BCUT2D eigenvalue weighted by Crippen LogP contribution is -2.44. The minimum Gasteiger partial charge on any atom is -0.392 e. The van der Waals surface area contributed by atoms with Crippen LogP contribution in [0.1, 0.15) is 25.1 Å². The summed E-state index contributed by atoms with van der Waals surface area (Å²) in [6.45, 7) is 5.97. The van der Waals surface area contributed by atoms with Crippen LogP contribution in [0.5, 0.6) is 0 Å². The van der Waals surface area contributed by atoms with E-state index in [1.165, 1.54) is 4.31 Å². The quantitative estimate of drug-likeness (QED) is 0.749. The van der Waals surface area contributed by atoms with Crippen molar-refractivity contribution in [3.63, 3.8) is 0 Å². The molecule has 1 aromatic rings.